The van der Waals surface area contributed by atoms with Crippen LogP contribution in [0, 0.1) is 5.82 Å². The van der Waals surface area contributed by atoms with Crippen molar-refractivity contribution in [2.75, 3.05) is 13.1 Å². The maximum Gasteiger partial charge on any atom is 0.170 e. The number of piperidine rings is 1. The molecule has 0 saturated carbocycles. The van der Waals surface area contributed by atoms with Crippen LogP contribution in [0.25, 0.3) is 11.0 Å². The van der Waals surface area contributed by atoms with E-state index in [1.165, 1.54) is 31.4 Å². The fourth-order valence-electron chi connectivity index (χ4n) is 2.99. The SMILES string of the molecule is OC(CCCc1noc2cc(F)ccc12)N1CCCCC1. The van der Waals surface area contributed by atoms with Gasteiger partial charge < -0.3 is 9.63 Å². The lowest BCUT2D eigenvalue weighted by Crippen LogP contribution is -2.39. The second kappa shape index (κ2) is 6.54. The highest BCUT2D eigenvalue weighted by molar-refractivity contribution is 5.79. The van der Waals surface area contributed by atoms with Crippen LogP contribution in [0.15, 0.2) is 22.7 Å². The van der Waals surface area contributed by atoms with E-state index in [9.17, 15) is 9.50 Å². The van der Waals surface area contributed by atoms with E-state index in [1.54, 1.807) is 6.07 Å². The van der Waals surface area contributed by atoms with Crippen molar-refractivity contribution in [1.82, 2.24) is 10.1 Å². The molecule has 1 aromatic carbocycles. The third kappa shape index (κ3) is 3.41. The molecule has 0 spiro atoms. The lowest BCUT2D eigenvalue weighted by Gasteiger charge is -2.31. The Labute approximate surface area is 123 Å². The van der Waals surface area contributed by atoms with Crippen LogP contribution >= 0.6 is 0 Å². The minimum Gasteiger partial charge on any atom is -0.378 e. The van der Waals surface area contributed by atoms with E-state index >= 15 is 0 Å². The number of hydrogen-bond acceptors (Lipinski definition) is 4. The van der Waals surface area contributed by atoms with Crippen LogP contribution in [0.4, 0.5) is 4.39 Å². The van der Waals surface area contributed by atoms with Crippen LogP contribution in [0.3, 0.4) is 0 Å². The number of aryl methyl sites for hydroxylation is 1. The van der Waals surface area contributed by atoms with Gasteiger partial charge in [-0.3, -0.25) is 4.90 Å². The lowest BCUT2D eigenvalue weighted by atomic mass is 10.1. The minimum atomic E-state index is -0.360. The number of aliphatic hydroxyl groups excluding tert-OH is 1. The lowest BCUT2D eigenvalue weighted by molar-refractivity contribution is -0.0144. The van der Waals surface area contributed by atoms with Gasteiger partial charge in [-0.05, 0) is 44.2 Å². The molecule has 5 heteroatoms. The Hall–Kier alpha value is -1.46. The highest BCUT2D eigenvalue weighted by Gasteiger charge is 2.18. The molecule has 1 atom stereocenters. The van der Waals surface area contributed by atoms with E-state index < -0.39 is 0 Å². The number of fused-ring (bicyclic) bond motifs is 1. The second-order valence-corrected chi connectivity index (χ2v) is 5.74. The van der Waals surface area contributed by atoms with Crippen LogP contribution in [0.5, 0.6) is 0 Å². The Morgan fingerprint density at radius 3 is 2.90 bits per heavy atom. The van der Waals surface area contributed by atoms with Crippen LogP contribution in [0.2, 0.25) is 0 Å². The summed E-state index contributed by atoms with van der Waals surface area (Å²) in [6.45, 7) is 1.99. The number of likely N-dealkylation sites (tertiary alicyclic amines) is 1. The third-order valence-electron chi connectivity index (χ3n) is 4.20. The maximum atomic E-state index is 13.1. The quantitative estimate of drug-likeness (QED) is 0.920. The molecule has 1 fully saturated rings. The van der Waals surface area contributed by atoms with Gasteiger partial charge in [-0.1, -0.05) is 11.6 Å². The summed E-state index contributed by atoms with van der Waals surface area (Å²) < 4.78 is 18.2. The number of benzene rings is 1. The van der Waals surface area contributed by atoms with Crippen molar-refractivity contribution < 1.29 is 14.0 Å². The van der Waals surface area contributed by atoms with E-state index in [-0.39, 0.29) is 12.0 Å². The van der Waals surface area contributed by atoms with Crippen molar-refractivity contribution in [3.05, 3.63) is 29.7 Å². The average Bonchev–Trinajstić information content (AvgIpc) is 2.90. The van der Waals surface area contributed by atoms with Crippen LogP contribution in [0.1, 0.15) is 37.8 Å². The van der Waals surface area contributed by atoms with Crippen molar-refractivity contribution >= 4 is 11.0 Å². The Bertz CT molecular complexity index is 593. The number of aromatic nitrogens is 1. The first-order valence-corrected chi connectivity index (χ1v) is 7.70. The highest BCUT2D eigenvalue weighted by atomic mass is 19.1. The Kier molecular flexibility index (Phi) is 4.51. The van der Waals surface area contributed by atoms with Gasteiger partial charge in [0.05, 0.1) is 5.69 Å². The predicted molar refractivity (Wildman–Crippen MR) is 78.3 cm³/mol. The normalized spacial score (nSPS) is 18.2. The molecule has 114 valence electrons. The van der Waals surface area contributed by atoms with Gasteiger partial charge in [0.15, 0.2) is 5.58 Å². The number of halogens is 1. The third-order valence-corrected chi connectivity index (χ3v) is 4.20. The van der Waals surface area contributed by atoms with Crippen LogP contribution in [-0.2, 0) is 6.42 Å². The number of aliphatic hydroxyl groups is 1. The molecule has 1 aliphatic heterocycles. The zero-order chi connectivity index (χ0) is 14.7. The van der Waals surface area contributed by atoms with E-state index in [0.717, 1.165) is 43.4 Å². The van der Waals surface area contributed by atoms with E-state index in [2.05, 4.69) is 10.1 Å². The zero-order valence-corrected chi connectivity index (χ0v) is 12.1. The first kappa shape index (κ1) is 14.5. The molecule has 0 bridgehead atoms. The molecular weight excluding hydrogens is 271 g/mol. The molecule has 1 N–H and O–H groups in total. The van der Waals surface area contributed by atoms with Gasteiger partial charge in [-0.2, -0.15) is 0 Å². The summed E-state index contributed by atoms with van der Waals surface area (Å²) in [6.07, 6.45) is 5.58. The van der Waals surface area contributed by atoms with E-state index in [4.69, 9.17) is 4.52 Å². The van der Waals surface area contributed by atoms with E-state index in [1.807, 2.05) is 0 Å². The van der Waals surface area contributed by atoms with Gasteiger partial charge in [-0.15, -0.1) is 0 Å². The van der Waals surface area contributed by atoms with Crippen LogP contribution in [-0.4, -0.2) is 34.5 Å². The van der Waals surface area contributed by atoms with Gasteiger partial charge >= 0.3 is 0 Å². The zero-order valence-electron chi connectivity index (χ0n) is 12.1. The van der Waals surface area contributed by atoms with Gasteiger partial charge in [0.2, 0.25) is 0 Å². The average molecular weight is 292 g/mol. The maximum absolute atomic E-state index is 13.1. The number of nitrogens with zero attached hydrogens (tertiary/aromatic N) is 2. The molecule has 2 heterocycles. The van der Waals surface area contributed by atoms with Gasteiger partial charge in [0, 0.05) is 24.5 Å². The van der Waals surface area contributed by atoms with Gasteiger partial charge in [-0.25, -0.2) is 4.39 Å². The summed E-state index contributed by atoms with van der Waals surface area (Å²) in [4.78, 5) is 2.15. The molecule has 0 radical (unpaired) electrons. The molecule has 1 saturated heterocycles. The number of rotatable bonds is 5. The largest absolute Gasteiger partial charge is 0.378 e. The number of hydrogen-bond donors (Lipinski definition) is 1. The van der Waals surface area contributed by atoms with Crippen LogP contribution < -0.4 is 0 Å². The smallest absolute Gasteiger partial charge is 0.170 e. The van der Waals surface area contributed by atoms with Crippen molar-refractivity contribution in [1.29, 1.82) is 0 Å². The fraction of sp³-hybridized carbons (Fsp3) is 0.562. The van der Waals surface area contributed by atoms with Crippen molar-refractivity contribution in [3.8, 4) is 0 Å². The van der Waals surface area contributed by atoms with Gasteiger partial charge in [0.25, 0.3) is 0 Å². The topological polar surface area (TPSA) is 49.5 Å². The summed E-state index contributed by atoms with van der Waals surface area (Å²) in [5.41, 5.74) is 1.33. The summed E-state index contributed by atoms with van der Waals surface area (Å²) in [7, 11) is 0. The monoisotopic (exact) mass is 292 g/mol. The minimum absolute atomic E-state index is 0.314. The summed E-state index contributed by atoms with van der Waals surface area (Å²) in [5, 5.41) is 15.1. The molecule has 2 aromatic rings. The molecule has 1 aliphatic rings. The first-order chi connectivity index (χ1) is 10.2. The molecule has 21 heavy (non-hydrogen) atoms. The van der Waals surface area contributed by atoms with Gasteiger partial charge in [0.1, 0.15) is 12.0 Å². The molecule has 0 amide bonds. The Morgan fingerprint density at radius 2 is 2.10 bits per heavy atom. The molecule has 4 nitrogen and oxygen atoms in total. The standard InChI is InChI=1S/C16H21FN2O2/c17-12-7-8-13-14(18-21-15(13)11-12)5-4-6-16(20)19-9-2-1-3-10-19/h7-8,11,16,20H,1-6,9-10H2. The Balaban J connectivity index is 1.54. The van der Waals surface area contributed by atoms with Crippen molar-refractivity contribution in [3.63, 3.8) is 0 Å². The second-order valence-electron chi connectivity index (χ2n) is 5.74. The predicted octanol–water partition coefficient (Wildman–Crippen LogP) is 3.09. The van der Waals surface area contributed by atoms with Crippen molar-refractivity contribution in [2.24, 2.45) is 0 Å². The summed E-state index contributed by atoms with van der Waals surface area (Å²) >= 11 is 0. The summed E-state index contributed by atoms with van der Waals surface area (Å²) in [6, 6.07) is 4.48. The summed E-state index contributed by atoms with van der Waals surface area (Å²) in [5.74, 6) is -0.314. The Morgan fingerprint density at radius 1 is 1.29 bits per heavy atom. The molecule has 1 aromatic heterocycles. The van der Waals surface area contributed by atoms with Crippen molar-refractivity contribution in [2.45, 2.75) is 44.8 Å². The first-order valence-electron chi connectivity index (χ1n) is 7.70. The fourth-order valence-corrected chi connectivity index (χ4v) is 2.99. The molecule has 0 aliphatic carbocycles. The van der Waals surface area contributed by atoms with E-state index in [0.29, 0.717) is 5.58 Å². The highest BCUT2D eigenvalue weighted by Crippen LogP contribution is 2.21. The molecular formula is C16H21FN2O2. The molecule has 3 rings (SSSR count). The molecule has 1 unspecified atom stereocenters.